The van der Waals surface area contributed by atoms with E-state index in [9.17, 15) is 9.18 Å². The maximum Gasteiger partial charge on any atom is 0.153 e. The van der Waals surface area contributed by atoms with Gasteiger partial charge in [0.1, 0.15) is 11.6 Å². The Hall–Kier alpha value is -0.683. The quantitative estimate of drug-likeness (QED) is 0.634. The lowest BCUT2D eigenvalue weighted by molar-refractivity contribution is 0.111. The van der Waals surface area contributed by atoms with E-state index in [2.05, 4.69) is 15.9 Å². The zero-order valence-electron chi connectivity index (χ0n) is 9.73. The number of carbonyl (C=O) groups is 1. The molecule has 0 aliphatic heterocycles. The monoisotopic (exact) mass is 304 g/mol. The molecule has 0 aliphatic rings. The Balaban J connectivity index is 3.63. The molecular weight excluding hydrogens is 291 g/mol. The van der Waals surface area contributed by atoms with E-state index in [0.717, 1.165) is 0 Å². The molecule has 0 unspecified atom stereocenters. The Morgan fingerprint density at radius 2 is 2.00 bits per heavy atom. The van der Waals surface area contributed by atoms with Crippen LogP contribution in [0.3, 0.4) is 0 Å². The minimum atomic E-state index is -1.88. The van der Waals surface area contributed by atoms with Gasteiger partial charge >= 0.3 is 0 Å². The van der Waals surface area contributed by atoms with Crippen LogP contribution in [-0.2, 0) is 0 Å². The summed E-state index contributed by atoms with van der Waals surface area (Å²) in [6.45, 7) is 6.05. The molecule has 2 nitrogen and oxygen atoms in total. The molecule has 1 rings (SSSR count). The highest BCUT2D eigenvalue weighted by molar-refractivity contribution is 9.10. The molecule has 0 bridgehead atoms. The van der Waals surface area contributed by atoms with Crippen LogP contribution >= 0.6 is 15.9 Å². The van der Waals surface area contributed by atoms with Gasteiger partial charge in [-0.05, 0) is 27.2 Å². The van der Waals surface area contributed by atoms with Gasteiger partial charge in [-0.25, -0.2) is 4.39 Å². The van der Waals surface area contributed by atoms with Gasteiger partial charge in [-0.2, -0.15) is 0 Å². The molecule has 1 aromatic rings. The molecule has 0 atom stereocenters. The highest BCUT2D eigenvalue weighted by Gasteiger charge is 2.28. The van der Waals surface area contributed by atoms with Gasteiger partial charge in [-0.15, -0.1) is 0 Å². The predicted octanol–water partition coefficient (Wildman–Crippen LogP) is 2.95. The lowest BCUT2D eigenvalue weighted by atomic mass is 10.2. The Kier molecular flexibility index (Phi) is 3.91. The van der Waals surface area contributed by atoms with Crippen molar-refractivity contribution >= 4 is 35.5 Å². The summed E-state index contributed by atoms with van der Waals surface area (Å²) in [6, 6.07) is 1.41. The van der Waals surface area contributed by atoms with Crippen LogP contribution in [0.2, 0.25) is 19.6 Å². The summed E-state index contributed by atoms with van der Waals surface area (Å²) >= 11 is 3.35. The van der Waals surface area contributed by atoms with Crippen LogP contribution in [0, 0.1) is 5.82 Å². The third-order valence-electron chi connectivity index (χ3n) is 2.29. The number of hydrogen-bond donors (Lipinski definition) is 0. The fraction of sp³-hybridized carbons (Fsp3) is 0.364. The second-order valence-corrected chi connectivity index (χ2v) is 10.3. The first kappa shape index (κ1) is 13.4. The van der Waals surface area contributed by atoms with E-state index >= 15 is 0 Å². The van der Waals surface area contributed by atoms with E-state index in [4.69, 9.17) is 4.74 Å². The number of carbonyl (C=O) groups excluding carboxylic acids is 1. The Morgan fingerprint density at radius 3 is 2.38 bits per heavy atom. The number of hydrogen-bond acceptors (Lipinski definition) is 2. The van der Waals surface area contributed by atoms with Crippen molar-refractivity contribution in [3.63, 3.8) is 0 Å². The zero-order valence-corrected chi connectivity index (χ0v) is 12.3. The number of methoxy groups -OCH3 is 1. The maximum absolute atomic E-state index is 14.1. The summed E-state index contributed by atoms with van der Waals surface area (Å²) in [5.74, 6) is 0.0720. The van der Waals surface area contributed by atoms with E-state index in [1.165, 1.54) is 13.2 Å². The summed E-state index contributed by atoms with van der Waals surface area (Å²) in [7, 11) is -0.378. The van der Waals surface area contributed by atoms with Crippen molar-refractivity contribution < 1.29 is 13.9 Å². The molecule has 5 heteroatoms. The molecule has 1 aromatic carbocycles. The van der Waals surface area contributed by atoms with Crippen molar-refractivity contribution in [3.05, 3.63) is 21.9 Å². The van der Waals surface area contributed by atoms with Gasteiger partial charge in [0.25, 0.3) is 0 Å². The molecule has 0 heterocycles. The zero-order chi connectivity index (χ0) is 12.5. The van der Waals surface area contributed by atoms with Crippen LogP contribution in [-0.4, -0.2) is 21.5 Å². The standard InChI is InChI=1S/C11H14BrFO2Si/c1-15-8-5-7(6-14)10(13)11(9(8)12)16(2,3)4/h5-6H,1-4H3. The normalized spacial score (nSPS) is 11.4. The van der Waals surface area contributed by atoms with Crippen molar-refractivity contribution in [1.82, 2.24) is 0 Å². The third kappa shape index (κ3) is 2.35. The molecular formula is C11H14BrFO2Si. The molecule has 0 amide bonds. The molecule has 0 aromatic heterocycles. The van der Waals surface area contributed by atoms with Crippen LogP contribution in [0.15, 0.2) is 10.5 Å². The SMILES string of the molecule is COc1cc(C=O)c(F)c([Si](C)(C)C)c1Br. The van der Waals surface area contributed by atoms with Gasteiger partial charge < -0.3 is 4.74 Å². The second-order valence-electron chi connectivity index (χ2n) is 4.54. The molecule has 0 fully saturated rings. The molecule has 16 heavy (non-hydrogen) atoms. The Morgan fingerprint density at radius 1 is 1.44 bits per heavy atom. The number of ether oxygens (including phenoxy) is 1. The van der Waals surface area contributed by atoms with Crippen LogP contribution < -0.4 is 9.92 Å². The van der Waals surface area contributed by atoms with E-state index in [1.54, 1.807) is 0 Å². The first-order chi connectivity index (χ1) is 7.32. The molecule has 0 spiro atoms. The predicted molar refractivity (Wildman–Crippen MR) is 69.0 cm³/mol. The lowest BCUT2D eigenvalue weighted by Crippen LogP contribution is -2.41. The van der Waals surface area contributed by atoms with Gasteiger partial charge in [0.05, 0.1) is 25.2 Å². The Labute approximate surface area is 104 Å². The summed E-state index contributed by atoms with van der Waals surface area (Å²) in [5.41, 5.74) is 0.0532. The molecule has 0 saturated heterocycles. The van der Waals surface area contributed by atoms with E-state index < -0.39 is 13.9 Å². The van der Waals surface area contributed by atoms with Crippen molar-refractivity contribution in [2.24, 2.45) is 0 Å². The van der Waals surface area contributed by atoms with Crippen molar-refractivity contribution in [2.45, 2.75) is 19.6 Å². The smallest absolute Gasteiger partial charge is 0.153 e. The first-order valence-corrected chi connectivity index (χ1v) is 9.14. The molecule has 0 saturated carbocycles. The van der Waals surface area contributed by atoms with Gasteiger partial charge in [0.15, 0.2) is 6.29 Å². The van der Waals surface area contributed by atoms with Crippen molar-refractivity contribution in [1.29, 1.82) is 0 Å². The number of halogens is 2. The summed E-state index contributed by atoms with van der Waals surface area (Å²) < 4.78 is 19.8. The Bertz CT molecular complexity index is 427. The molecule has 0 radical (unpaired) electrons. The minimum absolute atomic E-state index is 0.0532. The van der Waals surface area contributed by atoms with Crippen LogP contribution in [0.4, 0.5) is 4.39 Å². The summed E-state index contributed by atoms with van der Waals surface area (Å²) in [6.07, 6.45) is 0.522. The maximum atomic E-state index is 14.1. The fourth-order valence-corrected chi connectivity index (χ4v) is 5.34. The number of benzene rings is 1. The van der Waals surface area contributed by atoms with Gasteiger partial charge in [0, 0.05) is 0 Å². The summed E-state index contributed by atoms with van der Waals surface area (Å²) in [5, 5.41) is 0.592. The molecule has 0 aliphatic carbocycles. The van der Waals surface area contributed by atoms with Crippen LogP contribution in [0.1, 0.15) is 10.4 Å². The largest absolute Gasteiger partial charge is 0.496 e. The topological polar surface area (TPSA) is 26.3 Å². The van der Waals surface area contributed by atoms with E-state index in [0.29, 0.717) is 21.7 Å². The van der Waals surface area contributed by atoms with Gasteiger partial charge in [0.2, 0.25) is 0 Å². The minimum Gasteiger partial charge on any atom is -0.496 e. The van der Waals surface area contributed by atoms with E-state index in [1.807, 2.05) is 19.6 Å². The van der Waals surface area contributed by atoms with Crippen LogP contribution in [0.5, 0.6) is 5.75 Å². The van der Waals surface area contributed by atoms with Crippen LogP contribution in [0.25, 0.3) is 0 Å². The van der Waals surface area contributed by atoms with Crippen molar-refractivity contribution in [2.75, 3.05) is 7.11 Å². The average Bonchev–Trinajstić information content (AvgIpc) is 2.16. The fourth-order valence-electron chi connectivity index (χ4n) is 1.52. The average molecular weight is 305 g/mol. The first-order valence-electron chi connectivity index (χ1n) is 4.84. The number of rotatable bonds is 3. The lowest BCUT2D eigenvalue weighted by Gasteiger charge is -2.21. The van der Waals surface area contributed by atoms with Gasteiger partial charge in [-0.3, -0.25) is 4.79 Å². The number of aldehydes is 1. The highest BCUT2D eigenvalue weighted by Crippen LogP contribution is 2.28. The van der Waals surface area contributed by atoms with E-state index in [-0.39, 0.29) is 5.56 Å². The van der Waals surface area contributed by atoms with Crippen molar-refractivity contribution in [3.8, 4) is 5.75 Å². The third-order valence-corrected chi connectivity index (χ3v) is 5.42. The molecule has 0 N–H and O–H groups in total. The highest BCUT2D eigenvalue weighted by atomic mass is 79.9. The van der Waals surface area contributed by atoms with Gasteiger partial charge in [-0.1, -0.05) is 19.6 Å². The summed E-state index contributed by atoms with van der Waals surface area (Å²) in [4.78, 5) is 10.8. The second kappa shape index (κ2) is 4.67. The molecule has 88 valence electrons.